The van der Waals surface area contributed by atoms with Crippen LogP contribution < -0.4 is 4.74 Å². The molecule has 1 rings (SSSR count). The zero-order valence-electron chi connectivity index (χ0n) is 9.38. The number of thioether (sulfide) groups is 1. The Bertz CT molecular complexity index is 443. The lowest BCUT2D eigenvalue weighted by atomic mass is 10.2. The summed E-state index contributed by atoms with van der Waals surface area (Å²) < 4.78 is 5.34. The van der Waals surface area contributed by atoms with Crippen LogP contribution in [0.5, 0.6) is 5.75 Å². The SMILES string of the molecule is CSCCCOc1ccc(C#N)cc1[N+](=O)[O-]. The van der Waals surface area contributed by atoms with Crippen molar-refractivity contribution in [1.29, 1.82) is 5.26 Å². The van der Waals surface area contributed by atoms with Crippen LogP contribution >= 0.6 is 11.8 Å². The molecule has 0 amide bonds. The van der Waals surface area contributed by atoms with E-state index >= 15 is 0 Å². The van der Waals surface area contributed by atoms with Crippen LogP contribution in [0, 0.1) is 21.4 Å². The molecule has 0 saturated heterocycles. The van der Waals surface area contributed by atoms with Gasteiger partial charge in [-0.2, -0.15) is 17.0 Å². The maximum Gasteiger partial charge on any atom is 0.312 e. The summed E-state index contributed by atoms with van der Waals surface area (Å²) in [5, 5.41) is 19.5. The fourth-order valence-corrected chi connectivity index (χ4v) is 1.64. The van der Waals surface area contributed by atoms with Gasteiger partial charge in [0.05, 0.1) is 23.2 Å². The molecule has 6 heteroatoms. The molecule has 90 valence electrons. The molecule has 0 atom stereocenters. The third kappa shape index (κ3) is 3.96. The second kappa shape index (κ2) is 6.76. The summed E-state index contributed by atoms with van der Waals surface area (Å²) in [4.78, 5) is 10.3. The van der Waals surface area contributed by atoms with E-state index in [2.05, 4.69) is 0 Å². The van der Waals surface area contributed by atoms with Gasteiger partial charge in [0.25, 0.3) is 0 Å². The maximum absolute atomic E-state index is 10.8. The summed E-state index contributed by atoms with van der Waals surface area (Å²) >= 11 is 1.70. The van der Waals surface area contributed by atoms with Crippen molar-refractivity contribution in [2.24, 2.45) is 0 Å². The first-order valence-electron chi connectivity index (χ1n) is 4.99. The highest BCUT2D eigenvalue weighted by molar-refractivity contribution is 7.98. The van der Waals surface area contributed by atoms with Gasteiger partial charge in [0.2, 0.25) is 0 Å². The molecular formula is C11H12N2O3S. The summed E-state index contributed by atoms with van der Waals surface area (Å²) in [6, 6.07) is 6.07. The molecule has 0 spiro atoms. The molecule has 1 aromatic carbocycles. The largest absolute Gasteiger partial charge is 0.487 e. The fraction of sp³-hybridized carbons (Fsp3) is 0.364. The number of ether oxygens (including phenoxy) is 1. The van der Waals surface area contributed by atoms with E-state index in [1.54, 1.807) is 11.8 Å². The lowest BCUT2D eigenvalue weighted by molar-refractivity contribution is -0.385. The van der Waals surface area contributed by atoms with Gasteiger partial charge in [-0.3, -0.25) is 10.1 Å². The Hall–Kier alpha value is -1.74. The first kappa shape index (κ1) is 13.3. The Morgan fingerprint density at radius 2 is 2.35 bits per heavy atom. The lowest BCUT2D eigenvalue weighted by Gasteiger charge is -2.06. The zero-order valence-corrected chi connectivity index (χ0v) is 10.2. The molecule has 0 aliphatic heterocycles. The Labute approximate surface area is 104 Å². The highest BCUT2D eigenvalue weighted by Crippen LogP contribution is 2.27. The zero-order chi connectivity index (χ0) is 12.7. The van der Waals surface area contributed by atoms with E-state index in [-0.39, 0.29) is 17.0 Å². The van der Waals surface area contributed by atoms with Crippen LogP contribution in [0.15, 0.2) is 18.2 Å². The molecule has 0 N–H and O–H groups in total. The summed E-state index contributed by atoms with van der Waals surface area (Å²) in [6.07, 6.45) is 2.82. The Kier molecular flexibility index (Phi) is 5.30. The normalized spacial score (nSPS) is 9.65. The van der Waals surface area contributed by atoms with E-state index in [1.807, 2.05) is 12.3 Å². The number of nitrogens with zero attached hydrogens (tertiary/aromatic N) is 2. The van der Waals surface area contributed by atoms with Crippen molar-refractivity contribution in [2.75, 3.05) is 18.6 Å². The Morgan fingerprint density at radius 3 is 2.94 bits per heavy atom. The molecule has 0 unspecified atom stereocenters. The van der Waals surface area contributed by atoms with Gasteiger partial charge in [-0.15, -0.1) is 0 Å². The van der Waals surface area contributed by atoms with Gasteiger partial charge in [0.15, 0.2) is 5.75 Å². The van der Waals surface area contributed by atoms with Crippen LogP contribution in [0.2, 0.25) is 0 Å². The Morgan fingerprint density at radius 1 is 1.59 bits per heavy atom. The summed E-state index contributed by atoms with van der Waals surface area (Å²) in [5.41, 5.74) is 0.0985. The number of rotatable bonds is 6. The van der Waals surface area contributed by atoms with Gasteiger partial charge in [-0.05, 0) is 30.6 Å². The van der Waals surface area contributed by atoms with Gasteiger partial charge in [0, 0.05) is 6.07 Å². The van der Waals surface area contributed by atoms with Crippen LogP contribution in [0.4, 0.5) is 5.69 Å². The average Bonchev–Trinajstić information content (AvgIpc) is 2.34. The van der Waals surface area contributed by atoms with E-state index in [1.165, 1.54) is 18.2 Å². The van der Waals surface area contributed by atoms with Gasteiger partial charge in [-0.1, -0.05) is 0 Å². The molecule has 5 nitrogen and oxygen atoms in total. The summed E-state index contributed by atoms with van der Waals surface area (Å²) in [6.45, 7) is 0.438. The molecular weight excluding hydrogens is 240 g/mol. The van der Waals surface area contributed by atoms with E-state index < -0.39 is 4.92 Å². The minimum absolute atomic E-state index is 0.159. The number of hydrogen-bond acceptors (Lipinski definition) is 5. The second-order valence-corrected chi connectivity index (χ2v) is 4.23. The quantitative estimate of drug-likeness (QED) is 0.442. The second-order valence-electron chi connectivity index (χ2n) is 3.25. The predicted molar refractivity (Wildman–Crippen MR) is 66.3 cm³/mol. The molecule has 0 bridgehead atoms. The molecule has 0 radical (unpaired) electrons. The first-order chi connectivity index (χ1) is 8.19. The third-order valence-corrected chi connectivity index (χ3v) is 2.73. The fourth-order valence-electron chi connectivity index (χ4n) is 1.24. The van der Waals surface area contributed by atoms with Crippen LogP contribution in [0.3, 0.4) is 0 Å². The van der Waals surface area contributed by atoms with Gasteiger partial charge in [0.1, 0.15) is 0 Å². The first-order valence-corrected chi connectivity index (χ1v) is 6.38. The topological polar surface area (TPSA) is 76.2 Å². The van der Waals surface area contributed by atoms with E-state index in [9.17, 15) is 10.1 Å². The van der Waals surface area contributed by atoms with Crippen molar-refractivity contribution >= 4 is 17.4 Å². The van der Waals surface area contributed by atoms with Crippen molar-refractivity contribution in [3.63, 3.8) is 0 Å². The van der Waals surface area contributed by atoms with Crippen molar-refractivity contribution in [3.05, 3.63) is 33.9 Å². The standard InChI is InChI=1S/C11H12N2O3S/c1-17-6-2-5-16-11-4-3-9(8-12)7-10(11)13(14)15/h3-4,7H,2,5-6H2,1H3. The molecule has 1 aromatic rings. The van der Waals surface area contributed by atoms with Gasteiger partial charge in [-0.25, -0.2) is 0 Å². The van der Waals surface area contributed by atoms with Crippen molar-refractivity contribution < 1.29 is 9.66 Å². The van der Waals surface area contributed by atoms with Crippen molar-refractivity contribution in [3.8, 4) is 11.8 Å². The highest BCUT2D eigenvalue weighted by atomic mass is 32.2. The lowest BCUT2D eigenvalue weighted by Crippen LogP contribution is -2.01. The van der Waals surface area contributed by atoms with Crippen molar-refractivity contribution in [2.45, 2.75) is 6.42 Å². The highest BCUT2D eigenvalue weighted by Gasteiger charge is 2.15. The van der Waals surface area contributed by atoms with Crippen LogP contribution in [-0.4, -0.2) is 23.5 Å². The van der Waals surface area contributed by atoms with E-state index in [0.29, 0.717) is 6.61 Å². The average molecular weight is 252 g/mol. The van der Waals surface area contributed by atoms with Gasteiger partial charge < -0.3 is 4.74 Å². The smallest absolute Gasteiger partial charge is 0.312 e. The molecule has 0 aliphatic rings. The molecule has 0 saturated carbocycles. The van der Waals surface area contributed by atoms with Crippen LogP contribution in [-0.2, 0) is 0 Å². The maximum atomic E-state index is 10.8. The van der Waals surface area contributed by atoms with Crippen LogP contribution in [0.1, 0.15) is 12.0 Å². The molecule has 17 heavy (non-hydrogen) atoms. The minimum atomic E-state index is -0.537. The van der Waals surface area contributed by atoms with E-state index in [4.69, 9.17) is 10.00 Å². The Balaban J connectivity index is 2.77. The van der Waals surface area contributed by atoms with Crippen LogP contribution in [0.25, 0.3) is 0 Å². The number of nitro benzene ring substituents is 1. The minimum Gasteiger partial charge on any atom is -0.487 e. The monoisotopic (exact) mass is 252 g/mol. The molecule has 0 aromatic heterocycles. The summed E-state index contributed by atoms with van der Waals surface area (Å²) in [7, 11) is 0. The molecule has 0 fully saturated rings. The number of benzene rings is 1. The molecule has 0 aliphatic carbocycles. The van der Waals surface area contributed by atoms with Crippen molar-refractivity contribution in [1.82, 2.24) is 0 Å². The summed E-state index contributed by atoms with van der Waals surface area (Å²) in [5.74, 6) is 1.17. The number of nitriles is 1. The van der Waals surface area contributed by atoms with E-state index in [0.717, 1.165) is 12.2 Å². The molecule has 0 heterocycles. The number of hydrogen-bond donors (Lipinski definition) is 0. The van der Waals surface area contributed by atoms with Gasteiger partial charge >= 0.3 is 5.69 Å². The third-order valence-electron chi connectivity index (χ3n) is 2.04. The number of nitro groups is 1. The predicted octanol–water partition coefficient (Wildman–Crippen LogP) is 2.60.